The Bertz CT molecular complexity index is 1160. The van der Waals surface area contributed by atoms with Crippen molar-refractivity contribution in [2.24, 2.45) is 0 Å². The summed E-state index contributed by atoms with van der Waals surface area (Å²) in [6, 6.07) is 20.2. The second kappa shape index (κ2) is 6.56. The average molecular weight is 395 g/mol. The van der Waals surface area contributed by atoms with E-state index in [1.807, 2.05) is 30.3 Å². The van der Waals surface area contributed by atoms with Crippen LogP contribution in [0.1, 0.15) is 16.7 Å². The SMILES string of the molecule is CS(=O)(=O)c1ccc(CC2(c3ccccc3)C(=O)Nc3cc(F)ccc32)cc1. The van der Waals surface area contributed by atoms with Crippen molar-refractivity contribution < 1.29 is 17.6 Å². The van der Waals surface area contributed by atoms with Crippen LogP contribution in [-0.2, 0) is 26.5 Å². The average Bonchev–Trinajstić information content (AvgIpc) is 2.93. The second-order valence-corrected chi connectivity index (χ2v) is 9.02. The maximum atomic E-state index is 13.7. The minimum absolute atomic E-state index is 0.225. The third-order valence-corrected chi connectivity index (χ3v) is 6.29. The van der Waals surface area contributed by atoms with E-state index in [1.165, 1.54) is 12.1 Å². The molecule has 4 nitrogen and oxygen atoms in total. The third-order valence-electron chi connectivity index (χ3n) is 5.16. The van der Waals surface area contributed by atoms with Gasteiger partial charge in [0.25, 0.3) is 0 Å². The molecule has 3 aromatic carbocycles. The molecule has 4 rings (SSSR count). The smallest absolute Gasteiger partial charge is 0.239 e. The van der Waals surface area contributed by atoms with Gasteiger partial charge in [-0.05, 0) is 47.4 Å². The van der Waals surface area contributed by atoms with Crippen molar-refractivity contribution in [3.05, 3.63) is 95.3 Å². The van der Waals surface area contributed by atoms with Crippen LogP contribution in [0.25, 0.3) is 0 Å². The first-order chi connectivity index (χ1) is 13.3. The number of carbonyl (C=O) groups is 1. The molecule has 6 heteroatoms. The zero-order chi connectivity index (χ0) is 19.9. The lowest BCUT2D eigenvalue weighted by atomic mass is 9.71. The van der Waals surface area contributed by atoms with E-state index >= 15 is 0 Å². The summed E-state index contributed by atoms with van der Waals surface area (Å²) in [5.74, 6) is -0.646. The van der Waals surface area contributed by atoms with Crippen LogP contribution in [0, 0.1) is 5.82 Å². The standard InChI is InChI=1S/C22H18FNO3S/c1-28(26,27)18-10-7-15(8-11-18)14-22(16-5-3-2-4-6-16)19-12-9-17(23)13-20(19)24-21(22)25/h2-13H,14H2,1H3,(H,24,25). The molecule has 0 saturated heterocycles. The van der Waals surface area contributed by atoms with E-state index in [9.17, 15) is 17.6 Å². The van der Waals surface area contributed by atoms with E-state index < -0.39 is 21.1 Å². The van der Waals surface area contributed by atoms with Crippen molar-refractivity contribution in [2.75, 3.05) is 11.6 Å². The highest BCUT2D eigenvalue weighted by Gasteiger charge is 2.48. The van der Waals surface area contributed by atoms with E-state index in [1.54, 1.807) is 30.3 Å². The predicted octanol–water partition coefficient (Wildman–Crippen LogP) is 3.71. The molecule has 3 aromatic rings. The van der Waals surface area contributed by atoms with Crippen LogP contribution in [0.2, 0.25) is 0 Å². The minimum Gasteiger partial charge on any atom is -0.325 e. The number of amides is 1. The lowest BCUT2D eigenvalue weighted by Gasteiger charge is -2.28. The highest BCUT2D eigenvalue weighted by Crippen LogP contribution is 2.45. The molecule has 142 valence electrons. The van der Waals surface area contributed by atoms with E-state index in [4.69, 9.17) is 0 Å². The molecule has 0 bridgehead atoms. The summed E-state index contributed by atoms with van der Waals surface area (Å²) >= 11 is 0. The van der Waals surface area contributed by atoms with Gasteiger partial charge in [-0.15, -0.1) is 0 Å². The summed E-state index contributed by atoms with van der Waals surface area (Å²) in [5.41, 5.74) is 1.75. The topological polar surface area (TPSA) is 63.2 Å². The van der Waals surface area contributed by atoms with Gasteiger partial charge in [0.05, 0.1) is 4.90 Å². The number of halogens is 1. The number of anilines is 1. The number of rotatable bonds is 4. The van der Waals surface area contributed by atoms with E-state index in [2.05, 4.69) is 5.32 Å². The zero-order valence-electron chi connectivity index (χ0n) is 15.1. The van der Waals surface area contributed by atoms with Crippen LogP contribution in [0.3, 0.4) is 0 Å². The molecular weight excluding hydrogens is 377 g/mol. The van der Waals surface area contributed by atoms with Crippen LogP contribution in [0.5, 0.6) is 0 Å². The number of fused-ring (bicyclic) bond motifs is 1. The van der Waals surface area contributed by atoms with Gasteiger partial charge in [-0.2, -0.15) is 0 Å². The third kappa shape index (κ3) is 2.99. The van der Waals surface area contributed by atoms with Crippen LogP contribution in [-0.4, -0.2) is 20.6 Å². The first kappa shape index (κ1) is 18.4. The van der Waals surface area contributed by atoms with Gasteiger partial charge < -0.3 is 5.32 Å². The van der Waals surface area contributed by atoms with Crippen LogP contribution >= 0.6 is 0 Å². The van der Waals surface area contributed by atoms with Crippen LogP contribution < -0.4 is 5.32 Å². The molecule has 0 aliphatic carbocycles. The van der Waals surface area contributed by atoms with Gasteiger partial charge in [-0.1, -0.05) is 48.5 Å². The first-order valence-corrected chi connectivity index (χ1v) is 10.7. The van der Waals surface area contributed by atoms with Gasteiger partial charge >= 0.3 is 0 Å². The molecule has 1 heterocycles. The largest absolute Gasteiger partial charge is 0.325 e. The first-order valence-electron chi connectivity index (χ1n) is 8.77. The van der Waals surface area contributed by atoms with Crippen molar-refractivity contribution in [1.29, 1.82) is 0 Å². The molecule has 28 heavy (non-hydrogen) atoms. The van der Waals surface area contributed by atoms with E-state index in [0.717, 1.165) is 17.4 Å². The molecule has 1 atom stereocenters. The molecule has 0 radical (unpaired) electrons. The van der Waals surface area contributed by atoms with Crippen LogP contribution in [0.4, 0.5) is 10.1 Å². The van der Waals surface area contributed by atoms with Crippen molar-refractivity contribution in [2.45, 2.75) is 16.7 Å². The van der Waals surface area contributed by atoms with Crippen molar-refractivity contribution in [3.63, 3.8) is 0 Å². The number of hydrogen-bond donors (Lipinski definition) is 1. The number of nitrogens with one attached hydrogen (secondary N) is 1. The molecule has 0 saturated carbocycles. The molecular formula is C22H18FNO3S. The fourth-order valence-electron chi connectivity index (χ4n) is 3.79. The fourth-order valence-corrected chi connectivity index (χ4v) is 4.42. The Kier molecular flexibility index (Phi) is 4.31. The molecule has 1 N–H and O–H groups in total. The fraction of sp³-hybridized carbons (Fsp3) is 0.136. The molecule has 0 spiro atoms. The van der Waals surface area contributed by atoms with Crippen LogP contribution in [0.15, 0.2) is 77.7 Å². The maximum Gasteiger partial charge on any atom is 0.239 e. The Morgan fingerprint density at radius 2 is 1.64 bits per heavy atom. The van der Waals surface area contributed by atoms with Gasteiger partial charge in [-0.3, -0.25) is 4.79 Å². The summed E-state index contributed by atoms with van der Waals surface area (Å²) in [6.07, 6.45) is 1.48. The summed E-state index contributed by atoms with van der Waals surface area (Å²) < 4.78 is 37.2. The molecule has 1 unspecified atom stereocenters. The van der Waals surface area contributed by atoms with Crippen molar-refractivity contribution >= 4 is 21.4 Å². The predicted molar refractivity (Wildman–Crippen MR) is 106 cm³/mol. The summed E-state index contributed by atoms with van der Waals surface area (Å²) in [6.45, 7) is 0. The molecule has 1 aliphatic rings. The molecule has 0 aromatic heterocycles. The van der Waals surface area contributed by atoms with Gasteiger partial charge in [0.2, 0.25) is 5.91 Å². The quantitative estimate of drug-likeness (QED) is 0.733. The number of hydrogen-bond acceptors (Lipinski definition) is 3. The Morgan fingerprint density at radius 3 is 2.29 bits per heavy atom. The van der Waals surface area contributed by atoms with Gasteiger partial charge in [0, 0.05) is 11.9 Å². The van der Waals surface area contributed by atoms with Gasteiger partial charge in [0.15, 0.2) is 9.84 Å². The normalized spacial score (nSPS) is 18.6. The van der Waals surface area contributed by atoms with Gasteiger partial charge in [-0.25, -0.2) is 12.8 Å². The minimum atomic E-state index is -3.30. The lowest BCUT2D eigenvalue weighted by Crippen LogP contribution is -2.38. The summed E-state index contributed by atoms with van der Waals surface area (Å²) in [7, 11) is -3.30. The summed E-state index contributed by atoms with van der Waals surface area (Å²) in [5, 5.41) is 2.81. The Morgan fingerprint density at radius 1 is 0.964 bits per heavy atom. The Labute approximate surface area is 163 Å². The van der Waals surface area contributed by atoms with E-state index in [-0.39, 0.29) is 10.8 Å². The second-order valence-electron chi connectivity index (χ2n) is 7.01. The Hall–Kier alpha value is -2.99. The van der Waals surface area contributed by atoms with Gasteiger partial charge in [0.1, 0.15) is 11.2 Å². The number of sulfone groups is 1. The zero-order valence-corrected chi connectivity index (χ0v) is 16.0. The van der Waals surface area contributed by atoms with E-state index in [0.29, 0.717) is 17.7 Å². The highest BCUT2D eigenvalue weighted by atomic mass is 32.2. The molecule has 1 amide bonds. The Balaban J connectivity index is 1.86. The monoisotopic (exact) mass is 395 g/mol. The number of carbonyl (C=O) groups excluding carboxylic acids is 1. The maximum absolute atomic E-state index is 13.7. The summed E-state index contributed by atoms with van der Waals surface area (Å²) in [4.78, 5) is 13.4. The van der Waals surface area contributed by atoms with Crippen molar-refractivity contribution in [1.82, 2.24) is 0 Å². The molecule has 1 aliphatic heterocycles. The van der Waals surface area contributed by atoms with Crippen molar-refractivity contribution in [3.8, 4) is 0 Å². The number of benzene rings is 3. The lowest BCUT2D eigenvalue weighted by molar-refractivity contribution is -0.119. The highest BCUT2D eigenvalue weighted by molar-refractivity contribution is 7.90. The molecule has 0 fully saturated rings.